The summed E-state index contributed by atoms with van der Waals surface area (Å²) in [4.78, 5) is 15.2. The molecule has 0 aliphatic carbocycles. The molecule has 4 nitrogen and oxygen atoms in total. The van der Waals surface area contributed by atoms with Crippen LogP contribution in [0.25, 0.3) is 11.5 Å². The van der Waals surface area contributed by atoms with Crippen LogP contribution >= 0.6 is 11.3 Å². The van der Waals surface area contributed by atoms with E-state index in [2.05, 4.69) is 4.98 Å². The Labute approximate surface area is 123 Å². The molecule has 106 valence electrons. The number of halogens is 1. The van der Waals surface area contributed by atoms with E-state index < -0.39 is 5.97 Å². The number of thiazole rings is 1. The summed E-state index contributed by atoms with van der Waals surface area (Å²) in [6.45, 7) is 0. The Hall–Kier alpha value is -2.47. The first kappa shape index (κ1) is 13.5. The Morgan fingerprint density at radius 3 is 2.95 bits per heavy atom. The van der Waals surface area contributed by atoms with E-state index in [0.717, 1.165) is 10.6 Å². The predicted octanol–water partition coefficient (Wildman–Crippen LogP) is 3.83. The fourth-order valence-electron chi connectivity index (χ4n) is 1.91. The van der Waals surface area contributed by atoms with E-state index in [9.17, 15) is 9.18 Å². The molecule has 3 aromatic rings. The molecule has 0 saturated heterocycles. The van der Waals surface area contributed by atoms with Crippen molar-refractivity contribution < 1.29 is 18.7 Å². The summed E-state index contributed by atoms with van der Waals surface area (Å²) < 4.78 is 18.3. The lowest BCUT2D eigenvalue weighted by atomic mass is 10.1. The zero-order valence-electron chi connectivity index (χ0n) is 10.7. The molecule has 0 amide bonds. The fraction of sp³-hybridized carbons (Fsp3) is 0.0667. The van der Waals surface area contributed by atoms with E-state index in [4.69, 9.17) is 9.52 Å². The highest BCUT2D eigenvalue weighted by Crippen LogP contribution is 2.25. The lowest BCUT2D eigenvalue weighted by molar-refractivity contribution is 0.0696. The number of nitrogens with zero attached hydrogens (tertiary/aromatic N) is 1. The van der Waals surface area contributed by atoms with Crippen molar-refractivity contribution >= 4 is 17.3 Å². The minimum Gasteiger partial charge on any atom is -0.478 e. The van der Waals surface area contributed by atoms with E-state index in [1.807, 2.05) is 6.07 Å². The van der Waals surface area contributed by atoms with Gasteiger partial charge in [-0.15, -0.1) is 11.3 Å². The van der Waals surface area contributed by atoms with Crippen LogP contribution in [0.4, 0.5) is 4.39 Å². The van der Waals surface area contributed by atoms with Gasteiger partial charge in [0, 0.05) is 17.9 Å². The highest BCUT2D eigenvalue weighted by Gasteiger charge is 2.13. The molecular weight excluding hydrogens is 293 g/mol. The summed E-state index contributed by atoms with van der Waals surface area (Å²) >= 11 is 1.42. The number of carboxylic acid groups (broad SMARTS) is 1. The minimum absolute atomic E-state index is 0.0877. The predicted molar refractivity (Wildman–Crippen MR) is 76.0 cm³/mol. The van der Waals surface area contributed by atoms with Crippen LogP contribution in [-0.4, -0.2) is 16.1 Å². The van der Waals surface area contributed by atoms with E-state index in [-0.39, 0.29) is 11.4 Å². The van der Waals surface area contributed by atoms with Crippen LogP contribution in [0.2, 0.25) is 0 Å². The molecule has 1 N–H and O–H groups in total. The van der Waals surface area contributed by atoms with Crippen LogP contribution < -0.4 is 0 Å². The third-order valence-electron chi connectivity index (χ3n) is 2.89. The van der Waals surface area contributed by atoms with Gasteiger partial charge >= 0.3 is 5.97 Å². The molecule has 3 rings (SSSR count). The Morgan fingerprint density at radius 2 is 2.24 bits per heavy atom. The van der Waals surface area contributed by atoms with Gasteiger partial charge in [0.05, 0.1) is 10.6 Å². The van der Waals surface area contributed by atoms with E-state index in [1.54, 1.807) is 11.4 Å². The van der Waals surface area contributed by atoms with E-state index in [0.29, 0.717) is 17.9 Å². The number of hydrogen-bond donors (Lipinski definition) is 1. The zero-order valence-corrected chi connectivity index (χ0v) is 11.6. The van der Waals surface area contributed by atoms with Crippen molar-refractivity contribution in [3.05, 3.63) is 63.9 Å². The van der Waals surface area contributed by atoms with Crippen molar-refractivity contribution in [1.82, 2.24) is 4.98 Å². The number of rotatable bonds is 4. The van der Waals surface area contributed by atoms with Crippen LogP contribution in [0, 0.1) is 5.82 Å². The average molecular weight is 303 g/mol. The highest BCUT2D eigenvalue weighted by atomic mass is 32.1. The van der Waals surface area contributed by atoms with E-state index in [1.165, 1.54) is 35.8 Å². The summed E-state index contributed by atoms with van der Waals surface area (Å²) in [5, 5.41) is 11.5. The standard InChI is InChI=1S/C15H10FNO3S/c16-11-3-1-2-9(4-11)5-14-17-12(8-21-14)13-6-10(7-20-13)15(18)19/h1-4,6-8H,5H2,(H,18,19). The summed E-state index contributed by atoms with van der Waals surface area (Å²) in [6.07, 6.45) is 1.71. The van der Waals surface area contributed by atoms with Gasteiger partial charge in [0.1, 0.15) is 17.8 Å². The fourth-order valence-corrected chi connectivity index (χ4v) is 2.73. The highest BCUT2D eigenvalue weighted by molar-refractivity contribution is 7.10. The number of aromatic nitrogens is 1. The number of aromatic carboxylic acids is 1. The minimum atomic E-state index is -1.04. The number of benzene rings is 1. The molecule has 0 saturated carbocycles. The number of carbonyl (C=O) groups is 1. The topological polar surface area (TPSA) is 63.3 Å². The maximum absolute atomic E-state index is 13.1. The summed E-state index contributed by atoms with van der Waals surface area (Å²) in [5.41, 5.74) is 1.50. The third-order valence-corrected chi connectivity index (χ3v) is 3.74. The molecule has 0 aliphatic heterocycles. The Bertz CT molecular complexity index is 794. The molecule has 21 heavy (non-hydrogen) atoms. The molecule has 0 fully saturated rings. The van der Waals surface area contributed by atoms with Gasteiger partial charge in [0.15, 0.2) is 5.76 Å². The van der Waals surface area contributed by atoms with Gasteiger partial charge in [-0.2, -0.15) is 0 Å². The van der Waals surface area contributed by atoms with Gasteiger partial charge in [0.25, 0.3) is 0 Å². The first-order valence-electron chi connectivity index (χ1n) is 6.13. The SMILES string of the molecule is O=C(O)c1coc(-c2csc(Cc3cccc(F)c3)n2)c1. The molecule has 0 atom stereocenters. The van der Waals surface area contributed by atoms with Crippen molar-refractivity contribution in [2.75, 3.05) is 0 Å². The molecule has 0 bridgehead atoms. The maximum Gasteiger partial charge on any atom is 0.338 e. The molecule has 2 heterocycles. The molecule has 0 unspecified atom stereocenters. The Kier molecular flexibility index (Phi) is 3.53. The van der Waals surface area contributed by atoms with Gasteiger partial charge < -0.3 is 9.52 Å². The van der Waals surface area contributed by atoms with Crippen molar-refractivity contribution in [2.24, 2.45) is 0 Å². The van der Waals surface area contributed by atoms with E-state index >= 15 is 0 Å². The summed E-state index contributed by atoms with van der Waals surface area (Å²) in [5.74, 6) is -0.907. The van der Waals surface area contributed by atoms with Gasteiger partial charge in [0.2, 0.25) is 0 Å². The van der Waals surface area contributed by atoms with Gasteiger partial charge in [-0.1, -0.05) is 12.1 Å². The van der Waals surface area contributed by atoms with Crippen molar-refractivity contribution in [3.8, 4) is 11.5 Å². The number of furan rings is 1. The Morgan fingerprint density at radius 1 is 1.38 bits per heavy atom. The normalized spacial score (nSPS) is 10.7. The second kappa shape index (κ2) is 5.49. The Balaban J connectivity index is 1.81. The molecule has 0 radical (unpaired) electrons. The first-order valence-corrected chi connectivity index (χ1v) is 7.01. The quantitative estimate of drug-likeness (QED) is 0.795. The lowest BCUT2D eigenvalue weighted by Gasteiger charge is -1.97. The van der Waals surface area contributed by atoms with Gasteiger partial charge in [-0.25, -0.2) is 14.2 Å². The molecule has 1 aromatic carbocycles. The molecule has 0 spiro atoms. The molecule has 0 aliphatic rings. The van der Waals surface area contributed by atoms with Gasteiger partial charge in [-0.05, 0) is 17.7 Å². The molecule has 2 aromatic heterocycles. The largest absolute Gasteiger partial charge is 0.478 e. The van der Waals surface area contributed by atoms with Crippen molar-refractivity contribution in [1.29, 1.82) is 0 Å². The second-order valence-electron chi connectivity index (χ2n) is 4.44. The summed E-state index contributed by atoms with van der Waals surface area (Å²) in [6, 6.07) is 7.79. The third kappa shape index (κ3) is 3.00. The maximum atomic E-state index is 13.1. The first-order chi connectivity index (χ1) is 10.1. The zero-order chi connectivity index (χ0) is 14.8. The number of carboxylic acids is 1. The second-order valence-corrected chi connectivity index (χ2v) is 5.38. The smallest absolute Gasteiger partial charge is 0.338 e. The van der Waals surface area contributed by atoms with Crippen LogP contribution in [0.15, 0.2) is 46.4 Å². The lowest BCUT2D eigenvalue weighted by Crippen LogP contribution is -1.91. The monoisotopic (exact) mass is 303 g/mol. The van der Waals surface area contributed by atoms with Gasteiger partial charge in [-0.3, -0.25) is 0 Å². The average Bonchev–Trinajstić information content (AvgIpc) is 3.06. The van der Waals surface area contributed by atoms with Crippen LogP contribution in [0.3, 0.4) is 0 Å². The molecular formula is C15H10FNO3S. The number of hydrogen-bond acceptors (Lipinski definition) is 4. The van der Waals surface area contributed by atoms with Crippen molar-refractivity contribution in [3.63, 3.8) is 0 Å². The van der Waals surface area contributed by atoms with Crippen LogP contribution in [0.5, 0.6) is 0 Å². The van der Waals surface area contributed by atoms with Crippen LogP contribution in [0.1, 0.15) is 20.9 Å². The molecule has 6 heteroatoms. The van der Waals surface area contributed by atoms with Crippen molar-refractivity contribution in [2.45, 2.75) is 6.42 Å². The summed E-state index contributed by atoms with van der Waals surface area (Å²) in [7, 11) is 0. The van der Waals surface area contributed by atoms with Crippen LogP contribution in [-0.2, 0) is 6.42 Å².